The highest BCUT2D eigenvalue weighted by atomic mass is 19.4. The molecule has 2 heterocycles. The summed E-state index contributed by atoms with van der Waals surface area (Å²) in [6.45, 7) is 8.58. The Morgan fingerprint density at radius 3 is 2.22 bits per heavy atom. The number of hydrogen-bond acceptors (Lipinski definition) is 4. The molecule has 1 atom stereocenters. The minimum absolute atomic E-state index is 0.0721. The fourth-order valence-corrected chi connectivity index (χ4v) is 3.99. The molecule has 0 bridgehead atoms. The Balaban J connectivity index is 0.00000176. The highest BCUT2D eigenvalue weighted by Gasteiger charge is 2.44. The summed E-state index contributed by atoms with van der Waals surface area (Å²) in [4.78, 5) is 25.9. The summed E-state index contributed by atoms with van der Waals surface area (Å²) in [5.41, 5.74) is 0.885. The van der Waals surface area contributed by atoms with E-state index >= 15 is 0 Å². The molecule has 192 valence electrons. The van der Waals surface area contributed by atoms with E-state index in [9.17, 15) is 22.8 Å². The number of alkyl halides is 3. The molecule has 1 amide bonds. The largest absolute Gasteiger partial charge is 0.478 e. The van der Waals surface area contributed by atoms with E-state index in [0.717, 1.165) is 11.1 Å². The maximum Gasteiger partial charge on any atom is 0.436 e. The van der Waals surface area contributed by atoms with Gasteiger partial charge in [-0.15, -0.1) is 0 Å². The number of carboxylic acid groups (broad SMARTS) is 1. The van der Waals surface area contributed by atoms with Crippen LogP contribution in [0.4, 0.5) is 19.0 Å². The van der Waals surface area contributed by atoms with Gasteiger partial charge in [0.15, 0.2) is 5.69 Å². The fraction of sp³-hybridized carbons (Fsp3) is 0.346. The molecule has 0 fully saturated rings. The molecule has 0 spiro atoms. The van der Waals surface area contributed by atoms with E-state index in [-0.39, 0.29) is 17.9 Å². The predicted molar refractivity (Wildman–Crippen MR) is 130 cm³/mol. The van der Waals surface area contributed by atoms with Crippen LogP contribution in [0.2, 0.25) is 0 Å². The maximum atomic E-state index is 13.8. The third-order valence-corrected chi connectivity index (χ3v) is 5.80. The van der Waals surface area contributed by atoms with Crippen LogP contribution in [0.1, 0.15) is 69.9 Å². The first-order valence-electron chi connectivity index (χ1n) is 11.7. The average molecular weight is 503 g/mol. The number of anilines is 1. The number of aromatic nitrogens is 2. The van der Waals surface area contributed by atoms with Gasteiger partial charge in [-0.05, 0) is 37.1 Å². The van der Waals surface area contributed by atoms with Crippen molar-refractivity contribution < 1.29 is 27.9 Å². The van der Waals surface area contributed by atoms with Crippen molar-refractivity contribution in [3.05, 3.63) is 82.0 Å². The van der Waals surface area contributed by atoms with Crippen LogP contribution in [0.15, 0.2) is 48.5 Å². The van der Waals surface area contributed by atoms with Crippen LogP contribution in [0.3, 0.4) is 0 Å². The number of carbonyl (C=O) groups is 2. The number of carbonyl (C=O) groups excluding carboxylic acids is 1. The molecule has 1 aliphatic rings. The molecule has 0 saturated heterocycles. The van der Waals surface area contributed by atoms with Crippen LogP contribution in [0.25, 0.3) is 0 Å². The molecule has 36 heavy (non-hydrogen) atoms. The Labute approximate surface area is 207 Å². The van der Waals surface area contributed by atoms with Gasteiger partial charge in [0.05, 0.1) is 18.2 Å². The number of halogens is 3. The summed E-state index contributed by atoms with van der Waals surface area (Å²) in [6.07, 6.45) is -4.80. The molecule has 2 aromatic carbocycles. The van der Waals surface area contributed by atoms with E-state index < -0.39 is 35.4 Å². The zero-order chi connectivity index (χ0) is 26.6. The number of nitrogens with one attached hydrogen (secondary N) is 1. The Hall–Kier alpha value is -3.82. The molecule has 7 nitrogen and oxygen atoms in total. The SMILES string of the molecule is CC.Cc1ccc(CN2CCn3nc(C(F)(F)F)c(C(=O)NC(C)c4ccc(C(=O)O)cc4)c32)cc1. The normalized spacial score (nSPS) is 13.5. The molecular formula is C26H29F3N4O3. The Morgan fingerprint density at radius 1 is 1.06 bits per heavy atom. The quantitative estimate of drug-likeness (QED) is 0.468. The number of carboxylic acids is 1. The van der Waals surface area contributed by atoms with Gasteiger partial charge < -0.3 is 15.3 Å². The van der Waals surface area contributed by atoms with E-state index in [4.69, 9.17) is 5.11 Å². The van der Waals surface area contributed by atoms with Crippen LogP contribution >= 0.6 is 0 Å². The lowest BCUT2D eigenvalue weighted by atomic mass is 10.1. The molecule has 1 unspecified atom stereocenters. The molecule has 0 aliphatic carbocycles. The molecule has 0 radical (unpaired) electrons. The summed E-state index contributed by atoms with van der Waals surface area (Å²) in [7, 11) is 0. The molecule has 4 rings (SSSR count). The number of amides is 1. The second-order valence-corrected chi connectivity index (χ2v) is 8.30. The number of hydrogen-bond donors (Lipinski definition) is 2. The molecule has 10 heteroatoms. The van der Waals surface area contributed by atoms with Gasteiger partial charge in [0, 0.05) is 13.1 Å². The van der Waals surface area contributed by atoms with E-state index in [2.05, 4.69) is 10.4 Å². The third kappa shape index (κ3) is 5.69. The number of benzene rings is 2. The first-order chi connectivity index (χ1) is 17.0. The minimum Gasteiger partial charge on any atom is -0.478 e. The van der Waals surface area contributed by atoms with Crippen molar-refractivity contribution in [3.8, 4) is 0 Å². The van der Waals surface area contributed by atoms with Crippen LogP contribution in [0, 0.1) is 6.92 Å². The van der Waals surface area contributed by atoms with Gasteiger partial charge in [0.1, 0.15) is 11.4 Å². The van der Waals surface area contributed by atoms with E-state index in [1.165, 1.54) is 28.9 Å². The fourth-order valence-electron chi connectivity index (χ4n) is 3.99. The van der Waals surface area contributed by atoms with Gasteiger partial charge in [-0.25, -0.2) is 9.48 Å². The maximum absolute atomic E-state index is 13.8. The summed E-state index contributed by atoms with van der Waals surface area (Å²) < 4.78 is 42.7. The lowest BCUT2D eigenvalue weighted by Gasteiger charge is -2.21. The minimum atomic E-state index is -4.80. The molecule has 3 aromatic rings. The van der Waals surface area contributed by atoms with E-state index in [1.807, 2.05) is 45.0 Å². The van der Waals surface area contributed by atoms with Gasteiger partial charge >= 0.3 is 12.1 Å². The van der Waals surface area contributed by atoms with Crippen LogP contribution in [-0.4, -0.2) is 33.3 Å². The average Bonchev–Trinajstić information content (AvgIpc) is 3.42. The number of rotatable bonds is 6. The van der Waals surface area contributed by atoms with Crippen molar-refractivity contribution in [2.45, 2.75) is 53.0 Å². The van der Waals surface area contributed by atoms with Crippen molar-refractivity contribution in [1.82, 2.24) is 15.1 Å². The smallest absolute Gasteiger partial charge is 0.436 e. The van der Waals surface area contributed by atoms with Gasteiger partial charge in [-0.1, -0.05) is 55.8 Å². The monoisotopic (exact) mass is 502 g/mol. The lowest BCUT2D eigenvalue weighted by Crippen LogP contribution is -2.31. The standard InChI is InChI=1S/C24H23F3N4O3.C2H6/c1-14-3-5-16(6-4-14)13-30-11-12-31-22(30)19(20(29-31)24(25,26)27)21(32)28-15(2)17-7-9-18(10-8-17)23(33)34;1-2/h3-10,15H,11-13H2,1-2H3,(H,28,32)(H,33,34);1-2H3. The summed E-state index contributed by atoms with van der Waals surface area (Å²) in [5, 5.41) is 15.4. The molecule has 1 aromatic heterocycles. The first-order valence-corrected chi connectivity index (χ1v) is 11.7. The van der Waals surface area contributed by atoms with E-state index in [0.29, 0.717) is 18.7 Å². The Bertz CT molecular complexity index is 1220. The van der Waals surface area contributed by atoms with Crippen molar-refractivity contribution >= 4 is 17.7 Å². The molecule has 2 N–H and O–H groups in total. The summed E-state index contributed by atoms with van der Waals surface area (Å²) in [6, 6.07) is 12.8. The summed E-state index contributed by atoms with van der Waals surface area (Å²) in [5.74, 6) is -1.85. The Kier molecular flexibility index (Phi) is 8.07. The van der Waals surface area contributed by atoms with Crippen molar-refractivity contribution in [2.24, 2.45) is 0 Å². The highest BCUT2D eigenvalue weighted by molar-refractivity contribution is 6.01. The van der Waals surface area contributed by atoms with Crippen molar-refractivity contribution in [1.29, 1.82) is 0 Å². The van der Waals surface area contributed by atoms with Crippen molar-refractivity contribution in [2.75, 3.05) is 11.4 Å². The molecular weight excluding hydrogens is 473 g/mol. The first kappa shape index (κ1) is 26.8. The van der Waals surface area contributed by atoms with Crippen LogP contribution < -0.4 is 10.2 Å². The van der Waals surface area contributed by atoms with Gasteiger partial charge in [0.25, 0.3) is 5.91 Å². The van der Waals surface area contributed by atoms with Crippen LogP contribution in [0.5, 0.6) is 0 Å². The molecule has 1 aliphatic heterocycles. The van der Waals surface area contributed by atoms with Crippen LogP contribution in [-0.2, 0) is 19.3 Å². The summed E-state index contributed by atoms with van der Waals surface area (Å²) >= 11 is 0. The molecule has 0 saturated carbocycles. The number of nitrogens with zero attached hydrogens (tertiary/aromatic N) is 3. The van der Waals surface area contributed by atoms with Gasteiger partial charge in [-0.3, -0.25) is 4.79 Å². The van der Waals surface area contributed by atoms with Crippen molar-refractivity contribution in [3.63, 3.8) is 0 Å². The third-order valence-electron chi connectivity index (χ3n) is 5.80. The van der Waals surface area contributed by atoms with E-state index in [1.54, 1.807) is 11.8 Å². The van der Waals surface area contributed by atoms with Gasteiger partial charge in [-0.2, -0.15) is 18.3 Å². The second kappa shape index (κ2) is 10.8. The highest BCUT2D eigenvalue weighted by Crippen LogP contribution is 2.38. The second-order valence-electron chi connectivity index (χ2n) is 8.30. The number of fused-ring (bicyclic) bond motifs is 1. The number of aryl methyl sites for hydroxylation is 1. The predicted octanol–water partition coefficient (Wildman–Crippen LogP) is 5.45. The lowest BCUT2D eigenvalue weighted by molar-refractivity contribution is -0.141. The zero-order valence-corrected chi connectivity index (χ0v) is 20.6. The Morgan fingerprint density at radius 2 is 1.67 bits per heavy atom. The van der Waals surface area contributed by atoms with Gasteiger partial charge in [0.2, 0.25) is 0 Å². The topological polar surface area (TPSA) is 87.5 Å². The number of aromatic carboxylic acids is 1. The zero-order valence-electron chi connectivity index (χ0n) is 20.6.